The van der Waals surface area contributed by atoms with Crippen LogP contribution in [0.3, 0.4) is 0 Å². The van der Waals surface area contributed by atoms with E-state index in [-0.39, 0.29) is 0 Å². The van der Waals surface area contributed by atoms with Crippen molar-refractivity contribution in [2.24, 2.45) is 5.73 Å². The van der Waals surface area contributed by atoms with Crippen LogP contribution in [-0.2, 0) is 6.42 Å². The Morgan fingerprint density at radius 2 is 2.04 bits per heavy atom. The van der Waals surface area contributed by atoms with Crippen molar-refractivity contribution in [1.29, 1.82) is 0 Å². The van der Waals surface area contributed by atoms with Crippen LogP contribution in [0.1, 0.15) is 12.5 Å². The van der Waals surface area contributed by atoms with Gasteiger partial charge in [-0.3, -0.25) is 4.90 Å². The molecular weight excluding hydrogens is 372 g/mol. The largest absolute Gasteiger partial charge is 0.351 e. The highest BCUT2D eigenvalue weighted by Gasteiger charge is 2.22. The fourth-order valence-corrected chi connectivity index (χ4v) is 2.92. The summed E-state index contributed by atoms with van der Waals surface area (Å²) < 4.78 is 0.839. The molecule has 0 fully saturated rings. The average molecular weight is 387 g/mol. The highest BCUT2D eigenvalue weighted by atomic mass is 79.9. The number of nitrogens with one attached hydrogen (secondary N) is 1. The van der Waals surface area contributed by atoms with Crippen molar-refractivity contribution in [3.63, 3.8) is 0 Å². The van der Waals surface area contributed by atoms with Crippen molar-refractivity contribution >= 4 is 33.3 Å². The molecule has 0 bridgehead atoms. The van der Waals surface area contributed by atoms with E-state index in [0.29, 0.717) is 17.1 Å². The number of urea groups is 1. The van der Waals surface area contributed by atoms with Gasteiger partial charge in [0.1, 0.15) is 0 Å². The van der Waals surface area contributed by atoms with Crippen LogP contribution < -0.4 is 10.6 Å². The lowest BCUT2D eigenvalue weighted by molar-refractivity contribution is 0.256. The summed E-state index contributed by atoms with van der Waals surface area (Å²) >= 11 is 3.44. The van der Waals surface area contributed by atoms with Crippen LogP contribution in [0, 0.1) is 0 Å². The van der Waals surface area contributed by atoms with Gasteiger partial charge in [-0.05, 0) is 46.7 Å². The van der Waals surface area contributed by atoms with E-state index in [1.54, 1.807) is 6.07 Å². The number of hydrogen-bond donors (Lipinski definition) is 2. The van der Waals surface area contributed by atoms with Crippen molar-refractivity contribution < 1.29 is 4.79 Å². The average Bonchev–Trinajstić information content (AvgIpc) is 3.11. The van der Waals surface area contributed by atoms with Gasteiger partial charge in [-0.1, -0.05) is 41.1 Å². The minimum atomic E-state index is -0.577. The first-order valence-electron chi connectivity index (χ1n) is 7.33. The number of benzene rings is 2. The number of aryl methyl sites for hydroxylation is 1. The molecule has 1 aromatic heterocycles. The number of halogens is 1. The summed E-state index contributed by atoms with van der Waals surface area (Å²) in [7, 11) is 0. The van der Waals surface area contributed by atoms with Gasteiger partial charge in [0.25, 0.3) is 0 Å². The number of para-hydroxylation sites is 1. The lowest BCUT2D eigenvalue weighted by atomic mass is 10.1. The number of carbonyl (C=O) groups is 1. The maximum Gasteiger partial charge on any atom is 0.323 e. The van der Waals surface area contributed by atoms with E-state index in [1.165, 1.54) is 4.90 Å². The first-order valence-corrected chi connectivity index (χ1v) is 8.12. The Morgan fingerprint density at radius 3 is 2.71 bits per heavy atom. The van der Waals surface area contributed by atoms with Gasteiger partial charge >= 0.3 is 6.03 Å². The van der Waals surface area contributed by atoms with Gasteiger partial charge in [0.15, 0.2) is 5.82 Å². The van der Waals surface area contributed by atoms with Gasteiger partial charge in [0.05, 0.1) is 11.4 Å². The molecule has 0 aliphatic rings. The predicted octanol–water partition coefficient (Wildman–Crippen LogP) is 3.41. The Balaban J connectivity index is 2.23. The quantitative estimate of drug-likeness (QED) is 0.716. The second-order valence-electron chi connectivity index (χ2n) is 5.07. The van der Waals surface area contributed by atoms with E-state index in [0.717, 1.165) is 22.1 Å². The summed E-state index contributed by atoms with van der Waals surface area (Å²) in [6, 6.07) is 12.6. The van der Waals surface area contributed by atoms with Crippen molar-refractivity contribution in [3.05, 3.63) is 52.5 Å². The Hall–Kier alpha value is -2.74. The zero-order chi connectivity index (χ0) is 17.1. The highest BCUT2D eigenvalue weighted by molar-refractivity contribution is 9.10. The van der Waals surface area contributed by atoms with Gasteiger partial charge in [-0.25, -0.2) is 9.89 Å². The van der Waals surface area contributed by atoms with Gasteiger partial charge in [0, 0.05) is 10.0 Å². The molecule has 7 nitrogen and oxygen atoms in total. The molecule has 0 saturated heterocycles. The standard InChI is InChI=1S/C16H15BrN6O/c1-2-10-5-3-4-6-13(10)23(16(18)24)14-8-7-11(17)9-12(14)15-19-21-22-20-15/h3-9H,2H2,1H3,(H2,18,24)(H,19,20,21,22). The first kappa shape index (κ1) is 16.1. The van der Waals surface area contributed by atoms with Crippen molar-refractivity contribution in [3.8, 4) is 11.4 Å². The number of aromatic nitrogens is 4. The Bertz CT molecular complexity index is 865. The Labute approximate surface area is 147 Å². The summed E-state index contributed by atoms with van der Waals surface area (Å²) in [6.07, 6.45) is 0.773. The number of nitrogens with zero attached hydrogens (tertiary/aromatic N) is 4. The van der Waals surface area contributed by atoms with Crippen molar-refractivity contribution in [2.45, 2.75) is 13.3 Å². The van der Waals surface area contributed by atoms with Crippen LogP contribution in [0.2, 0.25) is 0 Å². The summed E-state index contributed by atoms with van der Waals surface area (Å²) in [5.74, 6) is 0.450. The van der Waals surface area contributed by atoms with E-state index in [9.17, 15) is 4.79 Å². The molecular formula is C16H15BrN6O. The maximum atomic E-state index is 12.2. The smallest absolute Gasteiger partial charge is 0.323 e. The Kier molecular flexibility index (Phi) is 4.57. The number of aromatic amines is 1. The van der Waals surface area contributed by atoms with Crippen LogP contribution >= 0.6 is 15.9 Å². The molecule has 0 radical (unpaired) electrons. The van der Waals surface area contributed by atoms with Crippen LogP contribution in [-0.4, -0.2) is 26.7 Å². The fraction of sp³-hybridized carbons (Fsp3) is 0.125. The van der Waals surface area contributed by atoms with Crippen LogP contribution in [0.25, 0.3) is 11.4 Å². The molecule has 24 heavy (non-hydrogen) atoms. The lowest BCUT2D eigenvalue weighted by Crippen LogP contribution is -2.32. The lowest BCUT2D eigenvalue weighted by Gasteiger charge is -2.25. The molecule has 0 unspecified atom stereocenters. The van der Waals surface area contributed by atoms with E-state index in [1.807, 2.05) is 43.3 Å². The number of primary amides is 1. The molecule has 0 aliphatic heterocycles. The number of rotatable bonds is 4. The Morgan fingerprint density at radius 1 is 1.25 bits per heavy atom. The minimum Gasteiger partial charge on any atom is -0.351 e. The molecule has 2 amide bonds. The van der Waals surface area contributed by atoms with E-state index in [4.69, 9.17) is 5.73 Å². The number of carbonyl (C=O) groups excluding carboxylic acids is 1. The van der Waals surface area contributed by atoms with Crippen molar-refractivity contribution in [2.75, 3.05) is 4.90 Å². The van der Waals surface area contributed by atoms with Gasteiger partial charge in [-0.15, -0.1) is 5.10 Å². The normalized spacial score (nSPS) is 10.6. The molecule has 3 N–H and O–H groups in total. The summed E-state index contributed by atoms with van der Waals surface area (Å²) in [5.41, 5.74) is 8.72. The maximum absolute atomic E-state index is 12.2. The number of H-pyrrole nitrogens is 1. The highest BCUT2D eigenvalue weighted by Crippen LogP contribution is 2.36. The van der Waals surface area contributed by atoms with Crippen molar-refractivity contribution in [1.82, 2.24) is 20.6 Å². The molecule has 0 aliphatic carbocycles. The summed E-state index contributed by atoms with van der Waals surface area (Å²) in [5, 5.41) is 13.9. The second kappa shape index (κ2) is 6.79. The molecule has 0 saturated carbocycles. The predicted molar refractivity (Wildman–Crippen MR) is 94.9 cm³/mol. The molecule has 3 aromatic rings. The van der Waals surface area contributed by atoms with E-state index < -0.39 is 6.03 Å². The van der Waals surface area contributed by atoms with Crippen LogP contribution in [0.4, 0.5) is 16.2 Å². The third-order valence-electron chi connectivity index (χ3n) is 3.63. The first-order chi connectivity index (χ1) is 11.6. The fourth-order valence-electron chi connectivity index (χ4n) is 2.56. The van der Waals surface area contributed by atoms with Crippen LogP contribution in [0.15, 0.2) is 46.9 Å². The minimum absolute atomic E-state index is 0.450. The molecule has 0 spiro atoms. The summed E-state index contributed by atoms with van der Waals surface area (Å²) in [4.78, 5) is 13.7. The third-order valence-corrected chi connectivity index (χ3v) is 4.13. The molecule has 8 heteroatoms. The van der Waals surface area contributed by atoms with E-state index in [2.05, 4.69) is 36.6 Å². The van der Waals surface area contributed by atoms with E-state index >= 15 is 0 Å². The third kappa shape index (κ3) is 3.00. The van der Waals surface area contributed by atoms with Gasteiger partial charge in [-0.2, -0.15) is 0 Å². The number of hydrogen-bond acceptors (Lipinski definition) is 4. The van der Waals surface area contributed by atoms with Gasteiger partial charge in [0.2, 0.25) is 0 Å². The number of amides is 2. The number of anilines is 2. The zero-order valence-electron chi connectivity index (χ0n) is 12.9. The topological polar surface area (TPSA) is 101 Å². The van der Waals surface area contributed by atoms with Crippen LogP contribution in [0.5, 0.6) is 0 Å². The number of nitrogens with two attached hydrogens (primary N) is 1. The monoisotopic (exact) mass is 386 g/mol. The second-order valence-corrected chi connectivity index (χ2v) is 5.98. The molecule has 0 atom stereocenters. The zero-order valence-corrected chi connectivity index (χ0v) is 14.5. The van der Waals surface area contributed by atoms with Gasteiger partial charge < -0.3 is 5.73 Å². The SMILES string of the molecule is CCc1ccccc1N(C(N)=O)c1ccc(Br)cc1-c1nnn[nH]1. The molecule has 3 rings (SSSR count). The molecule has 1 heterocycles. The molecule has 122 valence electrons. The number of tetrazole rings is 1. The molecule has 2 aromatic carbocycles. The summed E-state index contributed by atoms with van der Waals surface area (Å²) in [6.45, 7) is 2.03.